The largest absolute Gasteiger partial charge is 0.353 e. The number of halogens is 2. The Morgan fingerprint density at radius 1 is 1.35 bits per heavy atom. The number of nitrogens with zero attached hydrogens (tertiary/aromatic N) is 1. The van der Waals surface area contributed by atoms with E-state index >= 15 is 0 Å². The minimum atomic E-state index is -0.811. The van der Waals surface area contributed by atoms with E-state index in [0.29, 0.717) is 18.2 Å². The lowest BCUT2D eigenvalue weighted by molar-refractivity contribution is -0.122. The molecular weight excluding hydrogens is 318 g/mol. The van der Waals surface area contributed by atoms with Gasteiger partial charge in [0.25, 0.3) is 0 Å². The smallest absolute Gasteiger partial charge is 0.221 e. The highest BCUT2D eigenvalue weighted by Crippen LogP contribution is 2.16. The highest BCUT2D eigenvalue weighted by atomic mass is 32.2. The molecule has 1 aliphatic rings. The van der Waals surface area contributed by atoms with Crippen LogP contribution in [0.5, 0.6) is 0 Å². The molecular formula is C17H24F2N2OS. The molecule has 2 rings (SSSR count). The third-order valence-corrected chi connectivity index (χ3v) is 5.19. The van der Waals surface area contributed by atoms with Crippen LogP contribution in [-0.4, -0.2) is 41.4 Å². The van der Waals surface area contributed by atoms with E-state index in [2.05, 4.69) is 17.1 Å². The summed E-state index contributed by atoms with van der Waals surface area (Å²) in [5, 5.41) is 3.43. The van der Waals surface area contributed by atoms with Crippen LogP contribution >= 0.6 is 11.8 Å². The van der Waals surface area contributed by atoms with Crippen molar-refractivity contribution in [3.63, 3.8) is 0 Å². The number of hydrogen-bond acceptors (Lipinski definition) is 3. The van der Waals surface area contributed by atoms with Gasteiger partial charge in [0.1, 0.15) is 0 Å². The average molecular weight is 342 g/mol. The first-order valence-electron chi connectivity index (χ1n) is 7.96. The Morgan fingerprint density at radius 2 is 2.04 bits per heavy atom. The molecule has 0 aromatic heterocycles. The molecule has 1 aliphatic heterocycles. The van der Waals surface area contributed by atoms with Crippen molar-refractivity contribution in [1.82, 2.24) is 10.2 Å². The van der Waals surface area contributed by atoms with Crippen molar-refractivity contribution in [2.45, 2.75) is 44.0 Å². The van der Waals surface area contributed by atoms with Crippen molar-refractivity contribution in [2.24, 2.45) is 0 Å². The maximum atomic E-state index is 13.2. The Labute approximate surface area is 140 Å². The van der Waals surface area contributed by atoms with Gasteiger partial charge in [-0.15, -0.1) is 0 Å². The van der Waals surface area contributed by atoms with Gasteiger partial charge in [0.2, 0.25) is 5.91 Å². The van der Waals surface area contributed by atoms with E-state index in [1.807, 2.05) is 6.26 Å². The van der Waals surface area contributed by atoms with E-state index in [-0.39, 0.29) is 11.9 Å². The first-order valence-corrected chi connectivity index (χ1v) is 9.25. The number of benzene rings is 1. The molecule has 0 saturated carbocycles. The van der Waals surface area contributed by atoms with Gasteiger partial charge in [0.05, 0.1) is 0 Å². The number of thioether (sulfide) groups is 1. The van der Waals surface area contributed by atoms with Gasteiger partial charge in [-0.25, -0.2) is 8.78 Å². The normalized spacial score (nSPS) is 17.9. The molecule has 0 spiro atoms. The maximum absolute atomic E-state index is 13.2. The van der Waals surface area contributed by atoms with Crippen LogP contribution in [0.2, 0.25) is 0 Å². The summed E-state index contributed by atoms with van der Waals surface area (Å²) in [6.07, 6.45) is 4.34. The standard InChI is InChI=1S/C17H24F2N2OS/c1-12(23-2)9-17(22)20-14-5-7-21(8-6-14)11-13-3-4-15(18)16(19)10-13/h3-4,10,12,14H,5-9,11H2,1-2H3,(H,20,22). The predicted molar refractivity (Wildman–Crippen MR) is 90.4 cm³/mol. The second-order valence-corrected chi connectivity index (χ2v) is 7.39. The predicted octanol–water partition coefficient (Wildman–Crippen LogP) is 3.19. The van der Waals surface area contributed by atoms with Crippen molar-refractivity contribution < 1.29 is 13.6 Å². The molecule has 23 heavy (non-hydrogen) atoms. The minimum absolute atomic E-state index is 0.117. The highest BCUT2D eigenvalue weighted by Gasteiger charge is 2.21. The molecule has 1 atom stereocenters. The summed E-state index contributed by atoms with van der Waals surface area (Å²) in [5.41, 5.74) is 0.778. The minimum Gasteiger partial charge on any atom is -0.353 e. The van der Waals surface area contributed by atoms with Crippen LogP contribution in [0.4, 0.5) is 8.78 Å². The zero-order chi connectivity index (χ0) is 16.8. The summed E-state index contributed by atoms with van der Waals surface area (Å²) in [6, 6.07) is 4.27. The Bertz CT molecular complexity index is 533. The summed E-state index contributed by atoms with van der Waals surface area (Å²) in [6.45, 7) is 4.36. The Balaban J connectivity index is 1.75. The van der Waals surface area contributed by atoms with Crippen LogP contribution < -0.4 is 5.32 Å². The molecule has 0 radical (unpaired) electrons. The van der Waals surface area contributed by atoms with Crippen LogP contribution in [0.15, 0.2) is 18.2 Å². The number of carbonyl (C=O) groups excluding carboxylic acids is 1. The topological polar surface area (TPSA) is 32.3 Å². The zero-order valence-electron chi connectivity index (χ0n) is 13.6. The van der Waals surface area contributed by atoms with Crippen molar-refractivity contribution in [3.05, 3.63) is 35.4 Å². The van der Waals surface area contributed by atoms with E-state index < -0.39 is 11.6 Å². The average Bonchev–Trinajstić information content (AvgIpc) is 2.52. The van der Waals surface area contributed by atoms with E-state index in [0.717, 1.165) is 31.5 Å². The fourth-order valence-electron chi connectivity index (χ4n) is 2.76. The molecule has 1 unspecified atom stereocenters. The Kier molecular flexibility index (Phi) is 6.84. The zero-order valence-corrected chi connectivity index (χ0v) is 14.5. The number of hydrogen-bond donors (Lipinski definition) is 1. The van der Waals surface area contributed by atoms with E-state index in [4.69, 9.17) is 0 Å². The van der Waals surface area contributed by atoms with Crippen molar-refractivity contribution in [2.75, 3.05) is 19.3 Å². The molecule has 0 bridgehead atoms. The van der Waals surface area contributed by atoms with Gasteiger partial charge < -0.3 is 5.32 Å². The maximum Gasteiger partial charge on any atom is 0.221 e. The molecule has 1 heterocycles. The van der Waals surface area contributed by atoms with Crippen molar-refractivity contribution in [3.8, 4) is 0 Å². The Hall–Kier alpha value is -1.14. The van der Waals surface area contributed by atoms with Crippen molar-refractivity contribution >= 4 is 17.7 Å². The van der Waals surface area contributed by atoms with Crippen LogP contribution in [0.25, 0.3) is 0 Å². The van der Waals surface area contributed by atoms with Crippen LogP contribution in [0.3, 0.4) is 0 Å². The van der Waals surface area contributed by atoms with Crippen LogP contribution in [-0.2, 0) is 11.3 Å². The summed E-state index contributed by atoms with van der Waals surface area (Å²) in [5.74, 6) is -1.49. The molecule has 1 saturated heterocycles. The fraction of sp³-hybridized carbons (Fsp3) is 0.588. The first-order chi connectivity index (χ1) is 11.0. The number of likely N-dealkylation sites (tertiary alicyclic amines) is 1. The lowest BCUT2D eigenvalue weighted by Crippen LogP contribution is -2.44. The summed E-state index contributed by atoms with van der Waals surface area (Å²) >= 11 is 1.69. The lowest BCUT2D eigenvalue weighted by atomic mass is 10.0. The number of carbonyl (C=O) groups is 1. The highest BCUT2D eigenvalue weighted by molar-refractivity contribution is 7.99. The SMILES string of the molecule is CSC(C)CC(=O)NC1CCN(Cc2ccc(F)c(F)c2)CC1. The molecule has 1 fully saturated rings. The summed E-state index contributed by atoms with van der Waals surface area (Å²) in [4.78, 5) is 14.1. The first kappa shape index (κ1) is 18.2. The number of rotatable bonds is 6. The van der Waals surface area contributed by atoms with Gasteiger partial charge >= 0.3 is 0 Å². The van der Waals surface area contributed by atoms with Crippen molar-refractivity contribution in [1.29, 1.82) is 0 Å². The number of nitrogens with one attached hydrogen (secondary N) is 1. The Morgan fingerprint density at radius 3 is 2.65 bits per heavy atom. The molecule has 0 aliphatic carbocycles. The molecule has 1 amide bonds. The number of piperidine rings is 1. The third kappa shape index (κ3) is 5.77. The molecule has 1 aromatic rings. The van der Waals surface area contributed by atoms with Gasteiger partial charge in [0, 0.05) is 37.3 Å². The molecule has 1 aromatic carbocycles. The van der Waals surface area contributed by atoms with E-state index in [9.17, 15) is 13.6 Å². The van der Waals surface area contributed by atoms with Crippen LogP contribution in [0.1, 0.15) is 31.7 Å². The second-order valence-electron chi connectivity index (χ2n) is 6.12. The molecule has 128 valence electrons. The fourth-order valence-corrected chi connectivity index (χ4v) is 3.08. The third-order valence-electron chi connectivity index (χ3n) is 4.22. The van der Waals surface area contributed by atoms with Gasteiger partial charge in [0.15, 0.2) is 11.6 Å². The second kappa shape index (κ2) is 8.64. The van der Waals surface area contributed by atoms with Gasteiger partial charge in [-0.05, 0) is 36.8 Å². The number of amides is 1. The monoisotopic (exact) mass is 342 g/mol. The molecule has 3 nitrogen and oxygen atoms in total. The summed E-state index contributed by atoms with van der Waals surface area (Å²) < 4.78 is 26.2. The van der Waals surface area contributed by atoms with E-state index in [1.54, 1.807) is 17.8 Å². The lowest BCUT2D eigenvalue weighted by Gasteiger charge is -2.32. The van der Waals surface area contributed by atoms with Gasteiger partial charge in [-0.2, -0.15) is 11.8 Å². The quantitative estimate of drug-likeness (QED) is 0.862. The van der Waals surface area contributed by atoms with Gasteiger partial charge in [-0.3, -0.25) is 9.69 Å². The van der Waals surface area contributed by atoms with Crippen LogP contribution in [0, 0.1) is 11.6 Å². The molecule has 1 N–H and O–H groups in total. The summed E-state index contributed by atoms with van der Waals surface area (Å²) in [7, 11) is 0. The van der Waals surface area contributed by atoms with E-state index in [1.165, 1.54) is 12.1 Å². The molecule has 6 heteroatoms. The van der Waals surface area contributed by atoms with Gasteiger partial charge in [-0.1, -0.05) is 13.0 Å².